The number of fused-ring (bicyclic) bond motifs is 1. The molecule has 0 aliphatic carbocycles. The zero-order chi connectivity index (χ0) is 19.5. The van der Waals surface area contributed by atoms with Gasteiger partial charge >= 0.3 is 0 Å². The molecule has 0 bridgehead atoms. The Morgan fingerprint density at radius 2 is 1.69 bits per heavy atom. The Hall–Kier alpha value is -1.23. The Bertz CT molecular complexity index is 729. The average Bonchev–Trinajstić information content (AvgIpc) is 3.01. The third kappa shape index (κ3) is 4.93. The molecule has 1 atom stereocenters. The first-order valence-corrected chi connectivity index (χ1v) is 11.3. The van der Waals surface area contributed by atoms with E-state index in [1.165, 1.54) is 11.1 Å². The van der Waals surface area contributed by atoms with Crippen molar-refractivity contribution in [3.63, 3.8) is 0 Å². The molecular weight excluding hydrogens is 348 g/mol. The fraction of sp³-hybridized carbons (Fsp3) is 0.714. The second-order valence-corrected chi connectivity index (χ2v) is 11.5. The lowest BCUT2D eigenvalue weighted by Crippen LogP contribution is -2.30. The van der Waals surface area contributed by atoms with Crippen LogP contribution < -0.4 is 9.47 Å². The van der Waals surface area contributed by atoms with E-state index in [4.69, 9.17) is 9.47 Å². The Labute approximate surface area is 159 Å². The summed E-state index contributed by atoms with van der Waals surface area (Å²) in [4.78, 5) is 0. The van der Waals surface area contributed by atoms with E-state index in [1.807, 2.05) is 0 Å². The van der Waals surface area contributed by atoms with Crippen LogP contribution in [0.1, 0.15) is 70.1 Å². The maximum Gasteiger partial charge on any atom is 0.231 e. The van der Waals surface area contributed by atoms with Gasteiger partial charge in [0.15, 0.2) is 21.3 Å². The van der Waals surface area contributed by atoms with Crippen LogP contribution in [-0.2, 0) is 16.3 Å². The molecule has 4 nitrogen and oxygen atoms in total. The van der Waals surface area contributed by atoms with E-state index in [0.29, 0.717) is 18.5 Å². The number of hydrogen-bond acceptors (Lipinski definition) is 4. The zero-order valence-electron chi connectivity index (χ0n) is 17.1. The molecule has 0 fully saturated rings. The van der Waals surface area contributed by atoms with Gasteiger partial charge in [-0.2, -0.15) is 0 Å². The molecule has 1 heterocycles. The van der Waals surface area contributed by atoms with Crippen LogP contribution >= 0.6 is 0 Å². The standard InChI is InChI=1S/C21H34O4S/c1-15(10-8-12-26(22,23)21(4,5)6)9-7-11-18-13-16(2)19-20(17(18)3)25-14-24-19/h13,15H,7-12,14H2,1-6H3. The molecule has 148 valence electrons. The first-order chi connectivity index (χ1) is 12.0. The van der Waals surface area contributed by atoms with Gasteiger partial charge in [0.25, 0.3) is 0 Å². The Morgan fingerprint density at radius 3 is 2.35 bits per heavy atom. The van der Waals surface area contributed by atoms with E-state index in [9.17, 15) is 8.42 Å². The molecule has 5 heteroatoms. The molecule has 26 heavy (non-hydrogen) atoms. The van der Waals surface area contributed by atoms with Gasteiger partial charge in [-0.25, -0.2) is 8.42 Å². The van der Waals surface area contributed by atoms with Gasteiger partial charge in [-0.3, -0.25) is 0 Å². The fourth-order valence-electron chi connectivity index (χ4n) is 3.40. The van der Waals surface area contributed by atoms with Crippen LogP contribution in [0.15, 0.2) is 6.07 Å². The van der Waals surface area contributed by atoms with Gasteiger partial charge in [-0.1, -0.05) is 19.4 Å². The first kappa shape index (κ1) is 21.1. The normalized spacial score (nSPS) is 15.3. The highest BCUT2D eigenvalue weighted by molar-refractivity contribution is 7.92. The summed E-state index contributed by atoms with van der Waals surface area (Å²) >= 11 is 0. The summed E-state index contributed by atoms with van der Waals surface area (Å²) in [5, 5.41) is 0. The topological polar surface area (TPSA) is 52.6 Å². The van der Waals surface area contributed by atoms with Crippen molar-refractivity contribution in [2.45, 2.75) is 78.4 Å². The summed E-state index contributed by atoms with van der Waals surface area (Å²) in [5.41, 5.74) is 3.65. The van der Waals surface area contributed by atoms with Crippen molar-refractivity contribution < 1.29 is 17.9 Å². The van der Waals surface area contributed by atoms with E-state index in [1.54, 1.807) is 20.8 Å². The van der Waals surface area contributed by atoms with E-state index < -0.39 is 14.6 Å². The van der Waals surface area contributed by atoms with Gasteiger partial charge in [-0.15, -0.1) is 0 Å². The van der Waals surface area contributed by atoms with Gasteiger partial charge in [0.1, 0.15) is 0 Å². The maximum atomic E-state index is 12.2. The Morgan fingerprint density at radius 1 is 1.08 bits per heavy atom. The van der Waals surface area contributed by atoms with Crippen LogP contribution in [0.2, 0.25) is 0 Å². The molecule has 0 radical (unpaired) electrons. The lowest BCUT2D eigenvalue weighted by atomic mass is 9.94. The summed E-state index contributed by atoms with van der Waals surface area (Å²) in [6, 6.07) is 2.21. The van der Waals surface area contributed by atoms with Crippen LogP contribution in [0.25, 0.3) is 0 Å². The smallest absolute Gasteiger partial charge is 0.231 e. The van der Waals surface area contributed by atoms with Crippen molar-refractivity contribution >= 4 is 9.84 Å². The number of benzene rings is 1. The summed E-state index contributed by atoms with van der Waals surface area (Å²) in [7, 11) is -3.00. The van der Waals surface area contributed by atoms with Crippen LogP contribution in [0.5, 0.6) is 11.5 Å². The maximum absolute atomic E-state index is 12.2. The van der Waals surface area contributed by atoms with Crippen LogP contribution in [0.3, 0.4) is 0 Å². The second-order valence-electron chi connectivity index (χ2n) is 8.61. The lowest BCUT2D eigenvalue weighted by molar-refractivity contribution is 0.173. The highest BCUT2D eigenvalue weighted by Gasteiger charge is 2.28. The van der Waals surface area contributed by atoms with Crippen LogP contribution in [0, 0.1) is 19.8 Å². The van der Waals surface area contributed by atoms with Gasteiger partial charge in [0, 0.05) is 0 Å². The zero-order valence-corrected chi connectivity index (χ0v) is 18.0. The fourth-order valence-corrected chi connectivity index (χ4v) is 4.56. The molecule has 2 rings (SSSR count). The van der Waals surface area contributed by atoms with Crippen molar-refractivity contribution in [2.75, 3.05) is 12.5 Å². The molecule has 0 amide bonds. The van der Waals surface area contributed by atoms with Crippen molar-refractivity contribution in [3.8, 4) is 11.5 Å². The molecule has 0 aromatic heterocycles. The molecule has 1 aliphatic heterocycles. The minimum atomic E-state index is -3.00. The quantitative estimate of drug-likeness (QED) is 0.636. The van der Waals surface area contributed by atoms with Crippen LogP contribution in [0.4, 0.5) is 0 Å². The van der Waals surface area contributed by atoms with Crippen molar-refractivity contribution in [2.24, 2.45) is 5.92 Å². The molecule has 0 saturated carbocycles. The van der Waals surface area contributed by atoms with E-state index >= 15 is 0 Å². The largest absolute Gasteiger partial charge is 0.453 e. The number of aryl methyl sites for hydroxylation is 2. The summed E-state index contributed by atoms with van der Waals surface area (Å²) in [6.45, 7) is 12.0. The molecular formula is C21H34O4S. The molecule has 0 saturated heterocycles. The minimum Gasteiger partial charge on any atom is -0.453 e. The van der Waals surface area contributed by atoms with E-state index in [2.05, 4.69) is 26.8 Å². The molecule has 1 unspecified atom stereocenters. The van der Waals surface area contributed by atoms with Crippen molar-refractivity contribution in [1.82, 2.24) is 0 Å². The lowest BCUT2D eigenvalue weighted by Gasteiger charge is -2.20. The molecule has 0 N–H and O–H groups in total. The predicted molar refractivity (Wildman–Crippen MR) is 107 cm³/mol. The van der Waals surface area contributed by atoms with Gasteiger partial charge in [0.05, 0.1) is 10.5 Å². The number of rotatable bonds is 8. The van der Waals surface area contributed by atoms with Gasteiger partial charge in [0.2, 0.25) is 6.79 Å². The molecule has 1 aromatic rings. The first-order valence-electron chi connectivity index (χ1n) is 9.64. The number of hydrogen-bond donors (Lipinski definition) is 0. The summed E-state index contributed by atoms with van der Waals surface area (Å²) in [6.07, 6.45) is 4.96. The number of sulfone groups is 1. The van der Waals surface area contributed by atoms with Crippen LogP contribution in [-0.4, -0.2) is 25.7 Å². The van der Waals surface area contributed by atoms with Gasteiger partial charge < -0.3 is 9.47 Å². The Kier molecular flexibility index (Phi) is 6.65. The SMILES string of the molecule is Cc1cc(CCCC(C)CCCS(=O)(=O)C(C)(C)C)c(C)c2c1OCO2. The second kappa shape index (κ2) is 8.20. The van der Waals surface area contributed by atoms with Gasteiger partial charge in [-0.05, 0) is 82.9 Å². The third-order valence-electron chi connectivity index (χ3n) is 5.37. The van der Waals surface area contributed by atoms with E-state index in [-0.39, 0.29) is 0 Å². The van der Waals surface area contributed by atoms with Crippen molar-refractivity contribution in [1.29, 1.82) is 0 Å². The number of ether oxygens (including phenoxy) is 2. The Balaban J connectivity index is 1.79. The predicted octanol–water partition coefficient (Wildman–Crippen LogP) is 4.98. The summed E-state index contributed by atoms with van der Waals surface area (Å²) in [5.74, 6) is 2.63. The minimum absolute atomic E-state index is 0.293. The third-order valence-corrected chi connectivity index (χ3v) is 8.06. The average molecular weight is 383 g/mol. The monoisotopic (exact) mass is 382 g/mol. The highest BCUT2D eigenvalue weighted by atomic mass is 32.2. The van der Waals surface area contributed by atoms with E-state index in [0.717, 1.165) is 49.2 Å². The highest BCUT2D eigenvalue weighted by Crippen LogP contribution is 2.40. The summed E-state index contributed by atoms with van der Waals surface area (Å²) < 4.78 is 34.8. The molecule has 1 aromatic carbocycles. The molecule has 0 spiro atoms. The van der Waals surface area contributed by atoms with Crippen molar-refractivity contribution in [3.05, 3.63) is 22.8 Å². The molecule has 1 aliphatic rings.